The highest BCUT2D eigenvalue weighted by molar-refractivity contribution is 6.05. The highest BCUT2D eigenvalue weighted by Gasteiger charge is 2.23. The number of carbonyl (C=O) groups excluding carboxylic acids is 1. The van der Waals surface area contributed by atoms with Crippen LogP contribution in [0.25, 0.3) is 0 Å². The second-order valence-corrected chi connectivity index (χ2v) is 5.03. The Morgan fingerprint density at radius 3 is 2.53 bits per heavy atom. The fraction of sp³-hybridized carbons (Fsp3) is 0.312. The zero-order chi connectivity index (χ0) is 13.9. The molecule has 0 heterocycles. The Hall–Kier alpha value is -1.87. The molecule has 1 aliphatic rings. The van der Waals surface area contributed by atoms with E-state index in [0.29, 0.717) is 12.0 Å². The van der Waals surface area contributed by atoms with E-state index in [1.165, 1.54) is 5.56 Å². The molecular formula is C16H19NO2. The van der Waals surface area contributed by atoms with Gasteiger partial charge in [0.25, 0.3) is 5.91 Å². The van der Waals surface area contributed by atoms with Gasteiger partial charge >= 0.3 is 0 Å². The summed E-state index contributed by atoms with van der Waals surface area (Å²) in [5.74, 6) is -0.0849. The van der Waals surface area contributed by atoms with Crippen LogP contribution in [0.15, 0.2) is 48.1 Å². The molecule has 1 unspecified atom stereocenters. The molecule has 3 nitrogen and oxygen atoms in total. The molecule has 1 amide bonds. The lowest BCUT2D eigenvalue weighted by atomic mass is 9.93. The first-order chi connectivity index (χ1) is 9.02. The van der Waals surface area contributed by atoms with Crippen molar-refractivity contribution in [2.45, 2.75) is 25.9 Å². The summed E-state index contributed by atoms with van der Waals surface area (Å²) in [6, 6.07) is 7.75. The van der Waals surface area contributed by atoms with Crippen LogP contribution in [0, 0.1) is 6.92 Å². The standard InChI is InChI=1S/C16H19NO2/c1-12-4-6-14(7-5-12)17-15(18)13-8-10-16(2,19-3)11-9-13/h4-10H,11H2,1-3H3,(H,17,18). The van der Waals surface area contributed by atoms with E-state index in [4.69, 9.17) is 4.74 Å². The Morgan fingerprint density at radius 2 is 2.00 bits per heavy atom. The number of nitrogens with one attached hydrogen (secondary N) is 1. The minimum absolute atomic E-state index is 0.0849. The van der Waals surface area contributed by atoms with Crippen LogP contribution >= 0.6 is 0 Å². The monoisotopic (exact) mass is 257 g/mol. The van der Waals surface area contributed by atoms with Crippen molar-refractivity contribution >= 4 is 11.6 Å². The van der Waals surface area contributed by atoms with Gasteiger partial charge in [0, 0.05) is 18.4 Å². The molecule has 3 heteroatoms. The van der Waals surface area contributed by atoms with Crippen LogP contribution < -0.4 is 5.32 Å². The van der Waals surface area contributed by atoms with Gasteiger partial charge in [0.05, 0.1) is 5.60 Å². The number of amides is 1. The third-order valence-electron chi connectivity index (χ3n) is 3.38. The smallest absolute Gasteiger partial charge is 0.255 e. The lowest BCUT2D eigenvalue weighted by Crippen LogP contribution is -2.27. The molecule has 1 aromatic carbocycles. The number of benzene rings is 1. The predicted molar refractivity (Wildman–Crippen MR) is 77.1 cm³/mol. The van der Waals surface area contributed by atoms with Crippen molar-refractivity contribution in [1.29, 1.82) is 0 Å². The van der Waals surface area contributed by atoms with Gasteiger partial charge in [-0.1, -0.05) is 35.9 Å². The van der Waals surface area contributed by atoms with Crippen LogP contribution in [0.3, 0.4) is 0 Å². The second kappa shape index (κ2) is 5.41. The van der Waals surface area contributed by atoms with E-state index in [1.54, 1.807) is 7.11 Å². The number of hydrogen-bond donors (Lipinski definition) is 1. The van der Waals surface area contributed by atoms with E-state index >= 15 is 0 Å². The highest BCUT2D eigenvalue weighted by Crippen LogP contribution is 2.24. The maximum atomic E-state index is 12.1. The van der Waals surface area contributed by atoms with Crippen molar-refractivity contribution in [2.24, 2.45) is 0 Å². The fourth-order valence-corrected chi connectivity index (χ4v) is 1.87. The number of aryl methyl sites for hydroxylation is 1. The van der Waals surface area contributed by atoms with Crippen LogP contribution in [0.2, 0.25) is 0 Å². The Morgan fingerprint density at radius 1 is 1.32 bits per heavy atom. The van der Waals surface area contributed by atoms with E-state index < -0.39 is 0 Å². The molecular weight excluding hydrogens is 238 g/mol. The first kappa shape index (κ1) is 13.6. The summed E-state index contributed by atoms with van der Waals surface area (Å²) in [6.45, 7) is 4.01. The van der Waals surface area contributed by atoms with Crippen molar-refractivity contribution < 1.29 is 9.53 Å². The molecule has 1 N–H and O–H groups in total. The zero-order valence-electron chi connectivity index (χ0n) is 11.6. The van der Waals surface area contributed by atoms with Crippen molar-refractivity contribution in [3.63, 3.8) is 0 Å². The van der Waals surface area contributed by atoms with E-state index in [-0.39, 0.29) is 11.5 Å². The maximum absolute atomic E-state index is 12.1. The molecule has 0 bridgehead atoms. The molecule has 0 radical (unpaired) electrons. The van der Waals surface area contributed by atoms with Crippen LogP contribution in [0.5, 0.6) is 0 Å². The van der Waals surface area contributed by atoms with Gasteiger partial charge in [-0.15, -0.1) is 0 Å². The molecule has 0 fully saturated rings. The molecule has 2 rings (SSSR count). The van der Waals surface area contributed by atoms with Crippen molar-refractivity contribution in [3.8, 4) is 0 Å². The SMILES string of the molecule is COC1(C)C=CC(C(=O)Nc2ccc(C)cc2)=CC1. The second-order valence-electron chi connectivity index (χ2n) is 5.03. The molecule has 1 aromatic rings. The summed E-state index contributed by atoms with van der Waals surface area (Å²) >= 11 is 0. The molecule has 1 aliphatic carbocycles. The average Bonchev–Trinajstić information content (AvgIpc) is 2.42. The fourth-order valence-electron chi connectivity index (χ4n) is 1.87. The third kappa shape index (κ3) is 3.32. The van der Waals surface area contributed by atoms with Crippen LogP contribution in [-0.2, 0) is 9.53 Å². The molecule has 0 aromatic heterocycles. The molecule has 19 heavy (non-hydrogen) atoms. The largest absolute Gasteiger partial charge is 0.374 e. The van der Waals surface area contributed by atoms with Crippen LogP contribution in [0.1, 0.15) is 18.9 Å². The van der Waals surface area contributed by atoms with E-state index in [1.807, 2.05) is 56.3 Å². The molecule has 0 saturated heterocycles. The van der Waals surface area contributed by atoms with Gasteiger partial charge in [0.2, 0.25) is 0 Å². The minimum atomic E-state index is -0.298. The quantitative estimate of drug-likeness (QED) is 0.902. The number of methoxy groups -OCH3 is 1. The lowest BCUT2D eigenvalue weighted by Gasteiger charge is -2.26. The normalized spacial score (nSPS) is 21.9. The highest BCUT2D eigenvalue weighted by atomic mass is 16.5. The Balaban J connectivity index is 2.02. The van der Waals surface area contributed by atoms with Crippen LogP contribution in [-0.4, -0.2) is 18.6 Å². The van der Waals surface area contributed by atoms with E-state index in [0.717, 1.165) is 5.69 Å². The van der Waals surface area contributed by atoms with Gasteiger partial charge in [-0.05, 0) is 32.4 Å². The maximum Gasteiger partial charge on any atom is 0.255 e. The Kier molecular flexibility index (Phi) is 3.86. The first-order valence-electron chi connectivity index (χ1n) is 6.35. The van der Waals surface area contributed by atoms with Gasteiger partial charge in [0.1, 0.15) is 0 Å². The molecule has 100 valence electrons. The van der Waals surface area contributed by atoms with Gasteiger partial charge in [-0.3, -0.25) is 4.79 Å². The molecule has 0 aliphatic heterocycles. The van der Waals surface area contributed by atoms with E-state index in [2.05, 4.69) is 5.32 Å². The summed E-state index contributed by atoms with van der Waals surface area (Å²) in [5, 5.41) is 2.88. The van der Waals surface area contributed by atoms with Crippen molar-refractivity contribution in [2.75, 3.05) is 12.4 Å². The number of anilines is 1. The minimum Gasteiger partial charge on any atom is -0.374 e. The number of ether oxygens (including phenoxy) is 1. The summed E-state index contributed by atoms with van der Waals surface area (Å²) in [7, 11) is 1.68. The molecule has 0 saturated carbocycles. The van der Waals surface area contributed by atoms with Gasteiger partial charge < -0.3 is 10.1 Å². The lowest BCUT2D eigenvalue weighted by molar-refractivity contribution is -0.112. The molecule has 0 spiro atoms. The average molecular weight is 257 g/mol. The van der Waals surface area contributed by atoms with Crippen molar-refractivity contribution in [3.05, 3.63) is 53.6 Å². The Labute approximate surface area is 114 Å². The van der Waals surface area contributed by atoms with Gasteiger partial charge in [-0.2, -0.15) is 0 Å². The number of hydrogen-bond acceptors (Lipinski definition) is 2. The first-order valence-corrected chi connectivity index (χ1v) is 6.35. The van der Waals surface area contributed by atoms with E-state index in [9.17, 15) is 4.79 Å². The summed E-state index contributed by atoms with van der Waals surface area (Å²) in [6.07, 6.45) is 6.36. The predicted octanol–water partition coefficient (Wildman–Crippen LogP) is 3.22. The summed E-state index contributed by atoms with van der Waals surface area (Å²) < 4.78 is 5.38. The van der Waals surface area contributed by atoms with Gasteiger partial charge in [-0.25, -0.2) is 0 Å². The molecule has 1 atom stereocenters. The van der Waals surface area contributed by atoms with Crippen LogP contribution in [0.4, 0.5) is 5.69 Å². The topological polar surface area (TPSA) is 38.3 Å². The number of rotatable bonds is 3. The Bertz CT molecular complexity index is 528. The van der Waals surface area contributed by atoms with Crippen molar-refractivity contribution in [1.82, 2.24) is 0 Å². The third-order valence-corrected chi connectivity index (χ3v) is 3.38. The summed E-state index contributed by atoms with van der Waals surface area (Å²) in [5.41, 5.74) is 2.36. The summed E-state index contributed by atoms with van der Waals surface area (Å²) in [4.78, 5) is 12.1. The number of carbonyl (C=O) groups is 1. The van der Waals surface area contributed by atoms with Gasteiger partial charge in [0.15, 0.2) is 0 Å². The zero-order valence-corrected chi connectivity index (χ0v) is 11.6.